The summed E-state index contributed by atoms with van der Waals surface area (Å²) in [6.07, 6.45) is 6.41. The van der Waals surface area contributed by atoms with Crippen molar-refractivity contribution in [3.63, 3.8) is 0 Å². The Morgan fingerprint density at radius 2 is 2.33 bits per heavy atom. The van der Waals surface area contributed by atoms with Crippen LogP contribution < -0.4 is 0 Å². The summed E-state index contributed by atoms with van der Waals surface area (Å²) >= 11 is 0. The van der Waals surface area contributed by atoms with E-state index in [2.05, 4.69) is 4.99 Å². The number of aliphatic carboxylic acids is 1. The van der Waals surface area contributed by atoms with Gasteiger partial charge < -0.3 is 5.11 Å². The summed E-state index contributed by atoms with van der Waals surface area (Å²) in [6, 6.07) is 0. The predicted octanol–water partition coefficient (Wildman–Crippen LogP) is 1.74. The van der Waals surface area contributed by atoms with Gasteiger partial charge in [0.1, 0.15) is 0 Å². The average molecular weight is 169 g/mol. The van der Waals surface area contributed by atoms with Gasteiger partial charge >= 0.3 is 5.97 Å². The van der Waals surface area contributed by atoms with Crippen molar-refractivity contribution in [3.8, 4) is 0 Å². The zero-order valence-corrected chi connectivity index (χ0v) is 7.53. The lowest BCUT2D eigenvalue weighted by Gasteiger charge is -1.98. The summed E-state index contributed by atoms with van der Waals surface area (Å²) in [7, 11) is 0. The van der Waals surface area contributed by atoms with Crippen molar-refractivity contribution < 1.29 is 9.90 Å². The summed E-state index contributed by atoms with van der Waals surface area (Å²) in [6.45, 7) is 4.02. The van der Waals surface area contributed by atoms with Gasteiger partial charge in [-0.25, -0.2) is 0 Å². The normalized spacial score (nSPS) is 14.2. The van der Waals surface area contributed by atoms with Crippen LogP contribution in [0.15, 0.2) is 17.1 Å². The SMILES string of the molecule is CC/C=C\C=NCC(C)C(=O)O. The lowest BCUT2D eigenvalue weighted by atomic mass is 10.2. The van der Waals surface area contributed by atoms with E-state index < -0.39 is 11.9 Å². The standard InChI is InChI=1S/C9H15NO2/c1-3-4-5-6-10-7-8(2)9(11)12/h4-6,8H,3,7H2,1-2H3,(H,11,12)/b5-4-,10-6?. The zero-order valence-electron chi connectivity index (χ0n) is 7.53. The Hall–Kier alpha value is -1.12. The molecule has 3 heteroatoms. The number of nitrogens with zero attached hydrogens (tertiary/aromatic N) is 1. The highest BCUT2D eigenvalue weighted by Crippen LogP contribution is 1.93. The van der Waals surface area contributed by atoms with Gasteiger partial charge in [0.2, 0.25) is 0 Å². The van der Waals surface area contributed by atoms with E-state index in [-0.39, 0.29) is 0 Å². The Morgan fingerprint density at radius 3 is 2.83 bits per heavy atom. The van der Waals surface area contributed by atoms with Gasteiger partial charge in [0.15, 0.2) is 0 Å². The molecule has 0 aliphatic heterocycles. The van der Waals surface area contributed by atoms with Crippen molar-refractivity contribution in [2.75, 3.05) is 6.54 Å². The van der Waals surface area contributed by atoms with E-state index >= 15 is 0 Å². The molecule has 68 valence electrons. The molecule has 0 spiro atoms. The second-order valence-electron chi connectivity index (χ2n) is 2.59. The maximum Gasteiger partial charge on any atom is 0.308 e. The number of carbonyl (C=O) groups is 1. The molecular formula is C9H15NO2. The molecule has 3 nitrogen and oxygen atoms in total. The van der Waals surface area contributed by atoms with Crippen LogP contribution in [-0.4, -0.2) is 23.8 Å². The van der Waals surface area contributed by atoms with Crippen LogP contribution in [0.1, 0.15) is 20.3 Å². The summed E-state index contributed by atoms with van der Waals surface area (Å²) in [4.78, 5) is 14.3. The molecule has 0 bridgehead atoms. The van der Waals surface area contributed by atoms with E-state index in [9.17, 15) is 4.79 Å². The fourth-order valence-electron chi connectivity index (χ4n) is 0.555. The average Bonchev–Trinajstić information content (AvgIpc) is 2.03. The highest BCUT2D eigenvalue weighted by molar-refractivity contribution is 5.72. The van der Waals surface area contributed by atoms with Crippen LogP contribution in [0.2, 0.25) is 0 Å². The quantitative estimate of drug-likeness (QED) is 0.637. The molecule has 0 aromatic rings. The van der Waals surface area contributed by atoms with Crippen LogP contribution in [0.4, 0.5) is 0 Å². The van der Waals surface area contributed by atoms with E-state index in [1.165, 1.54) is 0 Å². The Balaban J connectivity index is 3.60. The first kappa shape index (κ1) is 10.9. The fraction of sp³-hybridized carbons (Fsp3) is 0.556. The molecule has 12 heavy (non-hydrogen) atoms. The first-order valence-electron chi connectivity index (χ1n) is 4.06. The van der Waals surface area contributed by atoms with Crippen molar-refractivity contribution >= 4 is 12.2 Å². The highest BCUT2D eigenvalue weighted by atomic mass is 16.4. The minimum Gasteiger partial charge on any atom is -0.481 e. The summed E-state index contributed by atoms with van der Waals surface area (Å²) in [5.74, 6) is -1.19. The van der Waals surface area contributed by atoms with Gasteiger partial charge in [-0.05, 0) is 12.5 Å². The molecule has 0 aromatic heterocycles. The summed E-state index contributed by atoms with van der Waals surface area (Å²) < 4.78 is 0. The van der Waals surface area contributed by atoms with Crippen molar-refractivity contribution in [1.29, 1.82) is 0 Å². The molecule has 0 aromatic carbocycles. The zero-order chi connectivity index (χ0) is 9.40. The number of allylic oxidation sites excluding steroid dienone is 2. The fourth-order valence-corrected chi connectivity index (χ4v) is 0.555. The number of aliphatic imine (C=N–C) groups is 1. The molecule has 0 rings (SSSR count). The maximum absolute atomic E-state index is 10.3. The van der Waals surface area contributed by atoms with Crippen LogP contribution in [0, 0.1) is 5.92 Å². The van der Waals surface area contributed by atoms with Gasteiger partial charge in [-0.1, -0.05) is 19.9 Å². The molecule has 0 aliphatic carbocycles. The van der Waals surface area contributed by atoms with E-state index in [0.717, 1.165) is 6.42 Å². The molecule has 0 fully saturated rings. The Labute approximate surface area is 72.8 Å². The largest absolute Gasteiger partial charge is 0.481 e. The summed E-state index contributed by atoms with van der Waals surface area (Å²) in [5.41, 5.74) is 0. The maximum atomic E-state index is 10.3. The van der Waals surface area contributed by atoms with Crippen LogP contribution in [0.3, 0.4) is 0 Å². The third kappa shape index (κ3) is 5.65. The molecular weight excluding hydrogens is 154 g/mol. The number of carboxylic acid groups (broad SMARTS) is 1. The topological polar surface area (TPSA) is 49.7 Å². The first-order chi connectivity index (χ1) is 5.68. The monoisotopic (exact) mass is 169 g/mol. The van der Waals surface area contributed by atoms with E-state index in [1.54, 1.807) is 13.1 Å². The molecule has 0 saturated heterocycles. The Bertz CT molecular complexity index is 185. The molecule has 1 atom stereocenters. The molecule has 1 unspecified atom stereocenters. The minimum absolute atomic E-state index is 0.351. The minimum atomic E-state index is -0.799. The highest BCUT2D eigenvalue weighted by Gasteiger charge is 2.07. The summed E-state index contributed by atoms with van der Waals surface area (Å²) in [5, 5.41) is 8.49. The smallest absolute Gasteiger partial charge is 0.308 e. The number of rotatable bonds is 5. The molecule has 0 saturated carbocycles. The van der Waals surface area contributed by atoms with Crippen LogP contribution >= 0.6 is 0 Å². The molecule has 0 radical (unpaired) electrons. The number of hydrogen-bond acceptors (Lipinski definition) is 2. The van der Waals surface area contributed by atoms with Crippen molar-refractivity contribution in [2.24, 2.45) is 10.9 Å². The van der Waals surface area contributed by atoms with Gasteiger partial charge in [-0.2, -0.15) is 0 Å². The van der Waals surface area contributed by atoms with Crippen molar-refractivity contribution in [2.45, 2.75) is 20.3 Å². The Kier molecular flexibility index (Phi) is 5.97. The molecule has 0 amide bonds. The lowest BCUT2D eigenvalue weighted by Crippen LogP contribution is -2.12. The van der Waals surface area contributed by atoms with Crippen molar-refractivity contribution in [1.82, 2.24) is 0 Å². The third-order valence-electron chi connectivity index (χ3n) is 1.36. The van der Waals surface area contributed by atoms with E-state index in [0.29, 0.717) is 6.54 Å². The second kappa shape index (κ2) is 6.58. The van der Waals surface area contributed by atoms with Crippen LogP contribution in [0.25, 0.3) is 0 Å². The van der Waals surface area contributed by atoms with Crippen LogP contribution in [0.5, 0.6) is 0 Å². The van der Waals surface area contributed by atoms with Crippen molar-refractivity contribution in [3.05, 3.63) is 12.2 Å². The third-order valence-corrected chi connectivity index (χ3v) is 1.36. The van der Waals surface area contributed by atoms with Gasteiger partial charge in [-0.15, -0.1) is 0 Å². The lowest BCUT2D eigenvalue weighted by molar-refractivity contribution is -0.140. The van der Waals surface area contributed by atoms with E-state index in [1.807, 2.05) is 19.1 Å². The Morgan fingerprint density at radius 1 is 1.67 bits per heavy atom. The van der Waals surface area contributed by atoms with Gasteiger partial charge in [-0.3, -0.25) is 9.79 Å². The molecule has 1 N–H and O–H groups in total. The van der Waals surface area contributed by atoms with Gasteiger partial charge in [0.25, 0.3) is 0 Å². The molecule has 0 heterocycles. The molecule has 0 aliphatic rings. The predicted molar refractivity (Wildman–Crippen MR) is 49.6 cm³/mol. The van der Waals surface area contributed by atoms with Crippen LogP contribution in [-0.2, 0) is 4.79 Å². The van der Waals surface area contributed by atoms with Gasteiger partial charge in [0, 0.05) is 6.21 Å². The van der Waals surface area contributed by atoms with Gasteiger partial charge in [0.05, 0.1) is 12.5 Å². The number of carboxylic acids is 1. The number of hydrogen-bond donors (Lipinski definition) is 1. The first-order valence-corrected chi connectivity index (χ1v) is 4.06. The second-order valence-corrected chi connectivity index (χ2v) is 2.59. The van der Waals surface area contributed by atoms with E-state index in [4.69, 9.17) is 5.11 Å².